The van der Waals surface area contributed by atoms with Crippen LogP contribution < -0.4 is 0 Å². The third-order valence-corrected chi connectivity index (χ3v) is 3.43. The molecule has 0 bridgehead atoms. The quantitative estimate of drug-likeness (QED) is 0.755. The van der Waals surface area contributed by atoms with Gasteiger partial charge in [0.25, 0.3) is 0 Å². The number of aromatic nitrogens is 1. The van der Waals surface area contributed by atoms with Gasteiger partial charge in [-0.3, -0.25) is 4.98 Å². The molecule has 0 fully saturated rings. The highest BCUT2D eigenvalue weighted by atomic mass is 15.1. The van der Waals surface area contributed by atoms with Gasteiger partial charge in [-0.05, 0) is 45.1 Å². The molecule has 0 spiro atoms. The predicted molar refractivity (Wildman–Crippen MR) is 69.6 cm³/mol. The van der Waals surface area contributed by atoms with Gasteiger partial charge in [0.2, 0.25) is 0 Å². The second-order valence-electron chi connectivity index (χ2n) is 4.41. The van der Waals surface area contributed by atoms with E-state index in [1.54, 1.807) is 6.20 Å². The van der Waals surface area contributed by atoms with E-state index in [0.29, 0.717) is 0 Å². The Kier molecular flexibility index (Phi) is 5.11. The van der Waals surface area contributed by atoms with Gasteiger partial charge in [0.1, 0.15) is 5.41 Å². The summed E-state index contributed by atoms with van der Waals surface area (Å²) in [6.45, 7) is 6.12. The van der Waals surface area contributed by atoms with E-state index in [0.717, 1.165) is 31.6 Å². The molecule has 92 valence electrons. The lowest BCUT2D eigenvalue weighted by molar-refractivity contribution is 0.308. The van der Waals surface area contributed by atoms with Crippen LogP contribution in [0.2, 0.25) is 0 Å². The molecule has 0 N–H and O–H groups in total. The molecule has 3 nitrogen and oxygen atoms in total. The van der Waals surface area contributed by atoms with E-state index in [1.807, 2.05) is 18.2 Å². The van der Waals surface area contributed by atoms with Crippen molar-refractivity contribution in [1.82, 2.24) is 9.88 Å². The zero-order chi connectivity index (χ0) is 12.7. The number of nitriles is 1. The Hall–Kier alpha value is -1.40. The van der Waals surface area contributed by atoms with E-state index in [4.69, 9.17) is 0 Å². The molecule has 17 heavy (non-hydrogen) atoms. The first-order valence-corrected chi connectivity index (χ1v) is 6.20. The van der Waals surface area contributed by atoms with E-state index in [-0.39, 0.29) is 0 Å². The fourth-order valence-electron chi connectivity index (χ4n) is 1.86. The molecule has 0 amide bonds. The molecule has 1 atom stereocenters. The number of pyridine rings is 1. The monoisotopic (exact) mass is 231 g/mol. The number of rotatable bonds is 6. The first kappa shape index (κ1) is 13.7. The second kappa shape index (κ2) is 6.36. The zero-order valence-electron chi connectivity index (χ0n) is 11.0. The molecule has 1 unspecified atom stereocenters. The fourth-order valence-corrected chi connectivity index (χ4v) is 1.86. The van der Waals surface area contributed by atoms with E-state index >= 15 is 0 Å². The van der Waals surface area contributed by atoms with Crippen LogP contribution in [0.4, 0.5) is 0 Å². The van der Waals surface area contributed by atoms with Gasteiger partial charge in [0.05, 0.1) is 11.8 Å². The number of nitrogens with zero attached hydrogens (tertiary/aromatic N) is 3. The van der Waals surface area contributed by atoms with Crippen LogP contribution >= 0.6 is 0 Å². The minimum Gasteiger partial charge on any atom is -0.307 e. The molecule has 0 aliphatic rings. The van der Waals surface area contributed by atoms with E-state index in [9.17, 15) is 5.26 Å². The average Bonchev–Trinajstić information content (AvgIpc) is 2.41. The van der Waals surface area contributed by atoms with Crippen LogP contribution in [0.15, 0.2) is 24.4 Å². The van der Waals surface area contributed by atoms with E-state index < -0.39 is 5.41 Å². The Morgan fingerprint density at radius 2 is 2.18 bits per heavy atom. The molecule has 0 radical (unpaired) electrons. The molecular weight excluding hydrogens is 210 g/mol. The lowest BCUT2D eigenvalue weighted by Gasteiger charge is -2.26. The van der Waals surface area contributed by atoms with Crippen molar-refractivity contribution in [3.63, 3.8) is 0 Å². The van der Waals surface area contributed by atoms with Crippen LogP contribution in [0.25, 0.3) is 0 Å². The third kappa shape index (κ3) is 3.28. The van der Waals surface area contributed by atoms with Crippen molar-refractivity contribution in [2.45, 2.75) is 32.1 Å². The van der Waals surface area contributed by atoms with Crippen LogP contribution in [-0.4, -0.2) is 30.0 Å². The molecular formula is C14H21N3. The highest BCUT2D eigenvalue weighted by Gasteiger charge is 2.31. The molecule has 1 aromatic rings. The Labute approximate surface area is 104 Å². The van der Waals surface area contributed by atoms with E-state index in [1.165, 1.54) is 0 Å². The van der Waals surface area contributed by atoms with Crippen molar-refractivity contribution >= 4 is 0 Å². The van der Waals surface area contributed by atoms with Gasteiger partial charge in [-0.15, -0.1) is 0 Å². The predicted octanol–water partition coefficient (Wildman–Crippen LogP) is 2.59. The standard InChI is InChI=1S/C14H21N3/c1-4-14(12-15,9-11-17(3)5-2)13-8-6-7-10-16-13/h6-8,10H,4-5,9,11H2,1-3H3. The number of hydrogen-bond acceptors (Lipinski definition) is 3. The Balaban J connectivity index is 2.87. The van der Waals surface area contributed by atoms with Crippen LogP contribution in [0.1, 0.15) is 32.4 Å². The molecule has 1 aromatic heterocycles. The van der Waals surface area contributed by atoms with Crippen LogP contribution in [0, 0.1) is 11.3 Å². The highest BCUT2D eigenvalue weighted by Crippen LogP contribution is 2.29. The molecule has 0 aliphatic carbocycles. The second-order valence-corrected chi connectivity index (χ2v) is 4.41. The zero-order valence-corrected chi connectivity index (χ0v) is 11.0. The summed E-state index contributed by atoms with van der Waals surface area (Å²) in [5.41, 5.74) is 0.458. The molecule has 0 aromatic carbocycles. The Morgan fingerprint density at radius 3 is 2.65 bits per heavy atom. The van der Waals surface area contributed by atoms with Gasteiger partial charge in [0.15, 0.2) is 0 Å². The van der Waals surface area contributed by atoms with Gasteiger partial charge < -0.3 is 4.90 Å². The van der Waals surface area contributed by atoms with Crippen molar-refractivity contribution < 1.29 is 0 Å². The van der Waals surface area contributed by atoms with Gasteiger partial charge in [0, 0.05) is 6.20 Å². The highest BCUT2D eigenvalue weighted by molar-refractivity contribution is 5.25. The first-order valence-electron chi connectivity index (χ1n) is 6.20. The summed E-state index contributed by atoms with van der Waals surface area (Å²) < 4.78 is 0. The molecule has 1 rings (SSSR count). The van der Waals surface area contributed by atoms with Crippen molar-refractivity contribution in [2.75, 3.05) is 20.1 Å². The van der Waals surface area contributed by atoms with Crippen LogP contribution in [0.3, 0.4) is 0 Å². The summed E-state index contributed by atoms with van der Waals surface area (Å²) in [6.07, 6.45) is 3.40. The first-order chi connectivity index (χ1) is 8.18. The third-order valence-electron chi connectivity index (χ3n) is 3.43. The van der Waals surface area contributed by atoms with Gasteiger partial charge in [-0.2, -0.15) is 5.26 Å². The van der Waals surface area contributed by atoms with Gasteiger partial charge >= 0.3 is 0 Å². The number of hydrogen-bond donors (Lipinski definition) is 0. The lowest BCUT2D eigenvalue weighted by Crippen LogP contribution is -2.31. The molecule has 0 aliphatic heterocycles. The van der Waals surface area contributed by atoms with Crippen molar-refractivity contribution in [2.24, 2.45) is 0 Å². The molecule has 1 heterocycles. The molecule has 0 saturated carbocycles. The van der Waals surface area contributed by atoms with Crippen LogP contribution in [-0.2, 0) is 5.41 Å². The van der Waals surface area contributed by atoms with Gasteiger partial charge in [-0.1, -0.05) is 19.9 Å². The maximum Gasteiger partial charge on any atom is 0.100 e. The van der Waals surface area contributed by atoms with Gasteiger partial charge in [-0.25, -0.2) is 0 Å². The fraction of sp³-hybridized carbons (Fsp3) is 0.571. The topological polar surface area (TPSA) is 39.9 Å². The van der Waals surface area contributed by atoms with E-state index in [2.05, 4.69) is 36.8 Å². The van der Waals surface area contributed by atoms with Crippen molar-refractivity contribution in [3.05, 3.63) is 30.1 Å². The summed E-state index contributed by atoms with van der Waals surface area (Å²) in [5, 5.41) is 9.51. The minimum absolute atomic E-state index is 0.440. The maximum absolute atomic E-state index is 9.51. The lowest BCUT2D eigenvalue weighted by atomic mass is 9.79. The average molecular weight is 231 g/mol. The summed E-state index contributed by atoms with van der Waals surface area (Å²) in [5.74, 6) is 0. The normalized spacial score (nSPS) is 14.3. The largest absolute Gasteiger partial charge is 0.307 e. The summed E-state index contributed by atoms with van der Waals surface area (Å²) in [6, 6.07) is 8.27. The maximum atomic E-state index is 9.51. The SMILES string of the molecule is CCN(C)CCC(C#N)(CC)c1ccccn1. The Morgan fingerprint density at radius 1 is 1.41 bits per heavy atom. The molecule has 3 heteroatoms. The van der Waals surface area contributed by atoms with Crippen molar-refractivity contribution in [1.29, 1.82) is 5.26 Å². The Bertz CT molecular complexity index is 369. The summed E-state index contributed by atoms with van der Waals surface area (Å²) in [4.78, 5) is 6.58. The minimum atomic E-state index is -0.440. The smallest absolute Gasteiger partial charge is 0.100 e. The summed E-state index contributed by atoms with van der Waals surface area (Å²) >= 11 is 0. The summed E-state index contributed by atoms with van der Waals surface area (Å²) in [7, 11) is 2.08. The van der Waals surface area contributed by atoms with Crippen molar-refractivity contribution in [3.8, 4) is 6.07 Å². The molecule has 0 saturated heterocycles. The van der Waals surface area contributed by atoms with Crippen LogP contribution in [0.5, 0.6) is 0 Å².